The molecule has 1 amide bonds. The summed E-state index contributed by atoms with van der Waals surface area (Å²) < 4.78 is 5.81. The summed E-state index contributed by atoms with van der Waals surface area (Å²) >= 11 is 7.33. The molecular formula is C16H16ClNO4S. The molecule has 5 nitrogen and oxygen atoms in total. The fourth-order valence-electron chi connectivity index (χ4n) is 1.95. The Balaban J connectivity index is 1.88. The number of carboxylic acid groups (broad SMARTS) is 1. The normalized spacial score (nSPS) is 10.3. The predicted molar refractivity (Wildman–Crippen MR) is 90.6 cm³/mol. The van der Waals surface area contributed by atoms with E-state index in [2.05, 4.69) is 5.32 Å². The van der Waals surface area contributed by atoms with Gasteiger partial charge in [0.2, 0.25) is 5.91 Å². The van der Waals surface area contributed by atoms with Crippen LogP contribution >= 0.6 is 22.9 Å². The third-order valence-electron chi connectivity index (χ3n) is 3.06. The van der Waals surface area contributed by atoms with Gasteiger partial charge in [-0.25, -0.2) is 4.79 Å². The number of carboxylic acids is 1. The van der Waals surface area contributed by atoms with Gasteiger partial charge in [-0.2, -0.15) is 0 Å². The van der Waals surface area contributed by atoms with Crippen LogP contribution in [0, 0.1) is 6.92 Å². The summed E-state index contributed by atoms with van der Waals surface area (Å²) in [6.45, 7) is 1.43. The quantitative estimate of drug-likeness (QED) is 0.795. The number of halogens is 1. The minimum Gasteiger partial charge on any atom is -0.482 e. The molecule has 1 aromatic heterocycles. The van der Waals surface area contributed by atoms with Gasteiger partial charge in [0.25, 0.3) is 0 Å². The number of anilines is 1. The molecule has 7 heteroatoms. The van der Waals surface area contributed by atoms with Crippen molar-refractivity contribution in [1.82, 2.24) is 0 Å². The Kier molecular flexibility index (Phi) is 6.01. The fraction of sp³-hybridized carbons (Fsp3) is 0.250. The van der Waals surface area contributed by atoms with Gasteiger partial charge in [0.15, 0.2) is 6.61 Å². The Bertz CT molecular complexity index is 714. The van der Waals surface area contributed by atoms with Gasteiger partial charge in [-0.1, -0.05) is 11.6 Å². The Morgan fingerprint density at radius 3 is 2.70 bits per heavy atom. The van der Waals surface area contributed by atoms with E-state index in [1.165, 1.54) is 11.3 Å². The van der Waals surface area contributed by atoms with E-state index in [4.69, 9.17) is 21.4 Å². The van der Waals surface area contributed by atoms with Crippen LogP contribution in [0.2, 0.25) is 4.34 Å². The molecule has 2 aromatic rings. The number of ether oxygens (including phenoxy) is 1. The smallest absolute Gasteiger partial charge is 0.341 e. The van der Waals surface area contributed by atoms with Crippen LogP contribution in [-0.4, -0.2) is 23.6 Å². The van der Waals surface area contributed by atoms with Crippen LogP contribution in [0.4, 0.5) is 5.69 Å². The molecular weight excluding hydrogens is 338 g/mol. The summed E-state index contributed by atoms with van der Waals surface area (Å²) in [5.41, 5.74) is 1.49. The highest BCUT2D eigenvalue weighted by atomic mass is 35.5. The van der Waals surface area contributed by atoms with Gasteiger partial charge in [0.05, 0.1) is 4.34 Å². The summed E-state index contributed by atoms with van der Waals surface area (Å²) in [4.78, 5) is 23.5. The highest BCUT2D eigenvalue weighted by Crippen LogP contribution is 2.24. The highest BCUT2D eigenvalue weighted by molar-refractivity contribution is 7.16. The van der Waals surface area contributed by atoms with Crippen molar-refractivity contribution >= 4 is 40.5 Å². The van der Waals surface area contributed by atoms with E-state index in [0.717, 1.165) is 10.4 Å². The molecule has 0 radical (unpaired) electrons. The summed E-state index contributed by atoms with van der Waals surface area (Å²) in [5, 5.41) is 11.4. The maximum absolute atomic E-state index is 12.0. The highest BCUT2D eigenvalue weighted by Gasteiger charge is 2.08. The summed E-state index contributed by atoms with van der Waals surface area (Å²) in [6, 6.07) is 8.76. The Hall–Kier alpha value is -2.05. The van der Waals surface area contributed by atoms with Crippen LogP contribution in [0.5, 0.6) is 5.75 Å². The molecule has 0 saturated heterocycles. The van der Waals surface area contributed by atoms with Gasteiger partial charge in [-0.05, 0) is 49.2 Å². The molecule has 0 spiro atoms. The Morgan fingerprint density at radius 1 is 1.30 bits per heavy atom. The van der Waals surface area contributed by atoms with Crippen molar-refractivity contribution in [2.45, 2.75) is 19.8 Å². The van der Waals surface area contributed by atoms with Crippen LogP contribution in [0.3, 0.4) is 0 Å². The van der Waals surface area contributed by atoms with Gasteiger partial charge in [-0.3, -0.25) is 4.79 Å². The number of rotatable bonds is 7. The zero-order valence-electron chi connectivity index (χ0n) is 12.5. The number of amides is 1. The second kappa shape index (κ2) is 7.99. The molecule has 2 N–H and O–H groups in total. The molecule has 0 fully saturated rings. The molecule has 1 aromatic carbocycles. The largest absolute Gasteiger partial charge is 0.482 e. The van der Waals surface area contributed by atoms with Crippen molar-refractivity contribution in [3.63, 3.8) is 0 Å². The maximum atomic E-state index is 12.0. The minimum absolute atomic E-state index is 0.0863. The monoisotopic (exact) mass is 353 g/mol. The Labute approximate surface area is 142 Å². The second-order valence-electron chi connectivity index (χ2n) is 4.91. The summed E-state index contributed by atoms with van der Waals surface area (Å²) in [7, 11) is 0. The van der Waals surface area contributed by atoms with Crippen molar-refractivity contribution in [2.75, 3.05) is 11.9 Å². The lowest BCUT2D eigenvalue weighted by Gasteiger charge is -2.10. The van der Waals surface area contributed by atoms with Gasteiger partial charge < -0.3 is 15.2 Å². The molecule has 0 aliphatic rings. The van der Waals surface area contributed by atoms with Crippen LogP contribution < -0.4 is 10.1 Å². The van der Waals surface area contributed by atoms with Crippen LogP contribution in [0.25, 0.3) is 0 Å². The number of thiophene rings is 1. The molecule has 0 atom stereocenters. The number of aryl methyl sites for hydroxylation is 2. The first-order valence-electron chi connectivity index (χ1n) is 6.93. The predicted octanol–water partition coefficient (Wildman–Crippen LogP) is 3.74. The molecule has 23 heavy (non-hydrogen) atoms. The van der Waals surface area contributed by atoms with Gasteiger partial charge >= 0.3 is 5.97 Å². The number of hydrogen-bond donors (Lipinski definition) is 2. The van der Waals surface area contributed by atoms with E-state index < -0.39 is 12.6 Å². The Morgan fingerprint density at radius 2 is 2.09 bits per heavy atom. The molecule has 2 rings (SSSR count). The van der Waals surface area contributed by atoms with Crippen LogP contribution in [-0.2, 0) is 16.0 Å². The lowest BCUT2D eigenvalue weighted by atomic mass is 10.1. The van der Waals surface area contributed by atoms with Crippen molar-refractivity contribution in [2.24, 2.45) is 0 Å². The summed E-state index contributed by atoms with van der Waals surface area (Å²) in [6.07, 6.45) is 1.01. The van der Waals surface area contributed by atoms with Crippen LogP contribution in [0.1, 0.15) is 16.9 Å². The molecule has 1 heterocycles. The molecule has 0 unspecified atom stereocenters. The first-order chi connectivity index (χ1) is 10.9. The first-order valence-corrected chi connectivity index (χ1v) is 8.13. The van der Waals surface area contributed by atoms with Crippen molar-refractivity contribution < 1.29 is 19.4 Å². The molecule has 0 bridgehead atoms. The lowest BCUT2D eigenvalue weighted by molar-refractivity contribution is -0.139. The molecule has 0 saturated carbocycles. The second-order valence-corrected chi connectivity index (χ2v) is 6.71. The molecule has 0 aliphatic heterocycles. The van der Waals surface area contributed by atoms with Crippen molar-refractivity contribution in [3.05, 3.63) is 45.1 Å². The van der Waals surface area contributed by atoms with E-state index in [1.807, 2.05) is 19.1 Å². The average molecular weight is 354 g/mol. The topological polar surface area (TPSA) is 75.6 Å². The van der Waals surface area contributed by atoms with E-state index >= 15 is 0 Å². The maximum Gasteiger partial charge on any atom is 0.341 e. The number of carbonyl (C=O) groups is 2. The van der Waals surface area contributed by atoms with Gasteiger partial charge in [0, 0.05) is 17.0 Å². The number of carbonyl (C=O) groups excluding carboxylic acids is 1. The summed E-state index contributed by atoms with van der Waals surface area (Å²) in [5.74, 6) is -0.665. The SMILES string of the molecule is Cc1cc(OCC(=O)O)ccc1NC(=O)CCc1ccc(Cl)s1. The van der Waals surface area contributed by atoms with E-state index in [0.29, 0.717) is 28.6 Å². The third-order valence-corrected chi connectivity index (χ3v) is 4.35. The number of nitrogens with one attached hydrogen (secondary N) is 1. The molecule has 0 aliphatic carbocycles. The number of hydrogen-bond acceptors (Lipinski definition) is 4. The number of benzene rings is 1. The standard InChI is InChI=1S/C16H16ClNO4S/c1-10-8-11(22-9-16(20)21)2-5-13(10)18-15(19)7-4-12-3-6-14(17)23-12/h2-3,5-6,8H,4,7,9H2,1H3,(H,18,19)(H,20,21). The van der Waals surface area contributed by atoms with Crippen molar-refractivity contribution in [1.29, 1.82) is 0 Å². The zero-order valence-corrected chi connectivity index (χ0v) is 14.0. The van der Waals surface area contributed by atoms with Gasteiger partial charge in [0.1, 0.15) is 5.75 Å². The van der Waals surface area contributed by atoms with E-state index in [9.17, 15) is 9.59 Å². The first kappa shape index (κ1) is 17.3. The van der Waals surface area contributed by atoms with E-state index in [1.54, 1.807) is 18.2 Å². The average Bonchev–Trinajstić information content (AvgIpc) is 2.91. The third kappa shape index (κ3) is 5.58. The zero-order chi connectivity index (χ0) is 16.8. The van der Waals surface area contributed by atoms with Crippen molar-refractivity contribution in [3.8, 4) is 5.75 Å². The minimum atomic E-state index is -1.03. The molecule has 122 valence electrons. The van der Waals surface area contributed by atoms with Gasteiger partial charge in [-0.15, -0.1) is 11.3 Å². The lowest BCUT2D eigenvalue weighted by Crippen LogP contribution is -2.13. The van der Waals surface area contributed by atoms with E-state index in [-0.39, 0.29) is 5.91 Å². The van der Waals surface area contributed by atoms with Crippen LogP contribution in [0.15, 0.2) is 30.3 Å². The fourth-order valence-corrected chi connectivity index (χ4v) is 3.03. The number of aliphatic carboxylic acids is 1.